The maximum atomic E-state index is 13.1. The van der Waals surface area contributed by atoms with Crippen molar-refractivity contribution in [3.05, 3.63) is 66.0 Å². The molecule has 2 heterocycles. The average Bonchev–Trinajstić information content (AvgIpc) is 3.45. The van der Waals surface area contributed by atoms with Crippen molar-refractivity contribution < 1.29 is 9.59 Å². The Kier molecular flexibility index (Phi) is 4.69. The number of benzene rings is 1. The predicted octanol–water partition coefficient (Wildman–Crippen LogP) is 2.62. The molecule has 0 bridgehead atoms. The van der Waals surface area contributed by atoms with Gasteiger partial charge >= 0.3 is 0 Å². The standard InChI is InChI=1S/C21H23N3O2/c25-20-12-18(15-23(20)13-16-4-2-1-3-5-16)21(26)24(19-6-7-19)14-17-8-10-22-11-9-17/h1-5,8-11,18-19H,6-7,12-15H2. The van der Waals surface area contributed by atoms with Gasteiger partial charge in [0.1, 0.15) is 0 Å². The molecule has 4 rings (SSSR count). The minimum atomic E-state index is -0.228. The number of rotatable bonds is 6. The van der Waals surface area contributed by atoms with E-state index in [0.717, 1.165) is 24.0 Å². The van der Waals surface area contributed by atoms with Gasteiger partial charge in [-0.05, 0) is 36.1 Å². The summed E-state index contributed by atoms with van der Waals surface area (Å²) in [6.45, 7) is 1.71. The zero-order valence-corrected chi connectivity index (χ0v) is 14.8. The lowest BCUT2D eigenvalue weighted by Crippen LogP contribution is -2.38. The van der Waals surface area contributed by atoms with Crippen LogP contribution >= 0.6 is 0 Å². The van der Waals surface area contributed by atoms with E-state index in [0.29, 0.717) is 32.1 Å². The van der Waals surface area contributed by atoms with Gasteiger partial charge in [0.05, 0.1) is 5.92 Å². The third kappa shape index (κ3) is 3.77. The van der Waals surface area contributed by atoms with Crippen LogP contribution in [0.25, 0.3) is 0 Å². The highest BCUT2D eigenvalue weighted by Crippen LogP contribution is 2.32. The van der Waals surface area contributed by atoms with E-state index in [1.165, 1.54) is 0 Å². The smallest absolute Gasteiger partial charge is 0.228 e. The third-order valence-corrected chi connectivity index (χ3v) is 5.15. The van der Waals surface area contributed by atoms with Gasteiger partial charge in [-0.3, -0.25) is 14.6 Å². The van der Waals surface area contributed by atoms with E-state index < -0.39 is 0 Å². The van der Waals surface area contributed by atoms with Crippen molar-refractivity contribution in [3.8, 4) is 0 Å². The number of pyridine rings is 1. The Hall–Kier alpha value is -2.69. The Labute approximate surface area is 153 Å². The number of amides is 2. The Morgan fingerprint density at radius 2 is 1.81 bits per heavy atom. The SMILES string of the molecule is O=C1CC(C(=O)N(Cc2ccncc2)C2CC2)CN1Cc1ccccc1. The quantitative estimate of drug-likeness (QED) is 0.806. The van der Waals surface area contributed by atoms with Crippen LogP contribution < -0.4 is 0 Å². The molecule has 5 nitrogen and oxygen atoms in total. The summed E-state index contributed by atoms with van der Waals surface area (Å²) in [6.07, 6.45) is 5.96. The molecule has 26 heavy (non-hydrogen) atoms. The molecule has 0 radical (unpaired) electrons. The molecular formula is C21H23N3O2. The van der Waals surface area contributed by atoms with Gasteiger partial charge in [0, 0.05) is 44.5 Å². The second-order valence-electron chi connectivity index (χ2n) is 7.21. The maximum Gasteiger partial charge on any atom is 0.228 e. The zero-order chi connectivity index (χ0) is 17.9. The molecule has 1 unspecified atom stereocenters. The van der Waals surface area contributed by atoms with Crippen molar-refractivity contribution >= 4 is 11.8 Å². The fourth-order valence-corrected chi connectivity index (χ4v) is 3.59. The van der Waals surface area contributed by atoms with Crippen LogP contribution in [0.5, 0.6) is 0 Å². The zero-order valence-electron chi connectivity index (χ0n) is 14.8. The lowest BCUT2D eigenvalue weighted by molar-refractivity contribution is -0.137. The van der Waals surface area contributed by atoms with Crippen molar-refractivity contribution in [1.82, 2.24) is 14.8 Å². The first-order valence-electron chi connectivity index (χ1n) is 9.22. The van der Waals surface area contributed by atoms with Gasteiger partial charge in [0.25, 0.3) is 0 Å². The molecule has 1 aliphatic heterocycles. The molecule has 2 amide bonds. The highest BCUT2D eigenvalue weighted by molar-refractivity contribution is 5.89. The molecule has 1 aliphatic carbocycles. The van der Waals surface area contributed by atoms with Crippen molar-refractivity contribution in [3.63, 3.8) is 0 Å². The van der Waals surface area contributed by atoms with E-state index in [9.17, 15) is 9.59 Å². The maximum absolute atomic E-state index is 13.1. The molecule has 2 fully saturated rings. The second-order valence-corrected chi connectivity index (χ2v) is 7.21. The number of carbonyl (C=O) groups excluding carboxylic acids is 2. The van der Waals surface area contributed by atoms with Crippen LogP contribution in [0.4, 0.5) is 0 Å². The topological polar surface area (TPSA) is 53.5 Å². The summed E-state index contributed by atoms with van der Waals surface area (Å²) in [5.41, 5.74) is 2.19. The molecule has 1 saturated heterocycles. The Balaban J connectivity index is 1.42. The van der Waals surface area contributed by atoms with E-state index in [4.69, 9.17) is 0 Å². The van der Waals surface area contributed by atoms with Gasteiger partial charge in [0.2, 0.25) is 11.8 Å². The van der Waals surface area contributed by atoms with Crippen LogP contribution in [0, 0.1) is 5.92 Å². The van der Waals surface area contributed by atoms with Crippen molar-refractivity contribution in [2.45, 2.75) is 38.4 Å². The average molecular weight is 349 g/mol. The Morgan fingerprint density at radius 1 is 1.08 bits per heavy atom. The molecule has 2 aliphatic rings. The van der Waals surface area contributed by atoms with Gasteiger partial charge in [-0.15, -0.1) is 0 Å². The van der Waals surface area contributed by atoms with Crippen LogP contribution in [0.3, 0.4) is 0 Å². The first-order valence-corrected chi connectivity index (χ1v) is 9.22. The van der Waals surface area contributed by atoms with E-state index in [1.54, 1.807) is 12.4 Å². The summed E-state index contributed by atoms with van der Waals surface area (Å²) in [7, 11) is 0. The Bertz CT molecular complexity index is 774. The normalized spacial score (nSPS) is 19.6. The molecule has 1 atom stereocenters. The van der Waals surface area contributed by atoms with E-state index in [-0.39, 0.29) is 17.7 Å². The van der Waals surface area contributed by atoms with Crippen LogP contribution in [0.15, 0.2) is 54.9 Å². The van der Waals surface area contributed by atoms with E-state index in [2.05, 4.69) is 4.98 Å². The fraction of sp³-hybridized carbons (Fsp3) is 0.381. The molecule has 134 valence electrons. The largest absolute Gasteiger partial charge is 0.338 e. The summed E-state index contributed by atoms with van der Waals surface area (Å²) in [4.78, 5) is 33.3. The molecular weight excluding hydrogens is 326 g/mol. The highest BCUT2D eigenvalue weighted by atomic mass is 16.2. The first-order chi connectivity index (χ1) is 12.7. The van der Waals surface area contributed by atoms with E-state index >= 15 is 0 Å². The second kappa shape index (κ2) is 7.28. The van der Waals surface area contributed by atoms with Gasteiger partial charge < -0.3 is 9.80 Å². The molecule has 1 aromatic carbocycles. The van der Waals surface area contributed by atoms with Crippen molar-refractivity contribution in [2.75, 3.05) is 6.54 Å². The number of hydrogen-bond acceptors (Lipinski definition) is 3. The van der Waals surface area contributed by atoms with E-state index in [1.807, 2.05) is 52.3 Å². The third-order valence-electron chi connectivity index (χ3n) is 5.15. The first kappa shape index (κ1) is 16.8. The molecule has 1 aromatic heterocycles. The molecule has 1 saturated carbocycles. The summed E-state index contributed by atoms with van der Waals surface area (Å²) in [5, 5.41) is 0. The number of hydrogen-bond donors (Lipinski definition) is 0. The summed E-state index contributed by atoms with van der Waals surface area (Å²) in [5.74, 6) is -0.0336. The van der Waals surface area contributed by atoms with Crippen LogP contribution in [0.2, 0.25) is 0 Å². The molecule has 0 spiro atoms. The molecule has 2 aromatic rings. The van der Waals surface area contributed by atoms with Crippen LogP contribution in [0.1, 0.15) is 30.4 Å². The Morgan fingerprint density at radius 3 is 2.50 bits per heavy atom. The summed E-state index contributed by atoms with van der Waals surface area (Å²) in [6, 6.07) is 14.2. The minimum Gasteiger partial charge on any atom is -0.338 e. The van der Waals surface area contributed by atoms with Gasteiger partial charge in [0.15, 0.2) is 0 Å². The number of nitrogens with zero attached hydrogens (tertiary/aromatic N) is 3. The lowest BCUT2D eigenvalue weighted by atomic mass is 10.1. The number of aromatic nitrogens is 1. The van der Waals surface area contributed by atoms with Gasteiger partial charge in [-0.1, -0.05) is 30.3 Å². The van der Waals surface area contributed by atoms with Crippen molar-refractivity contribution in [2.24, 2.45) is 5.92 Å². The summed E-state index contributed by atoms with van der Waals surface area (Å²) < 4.78 is 0. The minimum absolute atomic E-state index is 0.0758. The van der Waals surface area contributed by atoms with Gasteiger partial charge in [-0.2, -0.15) is 0 Å². The van der Waals surface area contributed by atoms with Crippen molar-refractivity contribution in [1.29, 1.82) is 0 Å². The highest BCUT2D eigenvalue weighted by Gasteiger charge is 2.40. The number of likely N-dealkylation sites (tertiary alicyclic amines) is 1. The number of carbonyl (C=O) groups is 2. The monoisotopic (exact) mass is 349 g/mol. The fourth-order valence-electron chi connectivity index (χ4n) is 3.59. The van der Waals surface area contributed by atoms with Crippen LogP contribution in [-0.2, 0) is 22.7 Å². The molecule has 0 N–H and O–H groups in total. The molecule has 5 heteroatoms. The van der Waals surface area contributed by atoms with Gasteiger partial charge in [-0.25, -0.2) is 0 Å². The summed E-state index contributed by atoms with van der Waals surface area (Å²) >= 11 is 0. The predicted molar refractivity (Wildman–Crippen MR) is 97.8 cm³/mol. The lowest BCUT2D eigenvalue weighted by Gasteiger charge is -2.25. The van der Waals surface area contributed by atoms with Crippen LogP contribution in [-0.4, -0.2) is 39.2 Å².